The number of anilines is 1. The zero-order valence-corrected chi connectivity index (χ0v) is 13.6. The second kappa shape index (κ2) is 8.10. The van der Waals surface area contributed by atoms with Gasteiger partial charge in [-0.05, 0) is 32.0 Å². The molecule has 1 atom stereocenters. The number of hydrogen-bond acceptors (Lipinski definition) is 5. The van der Waals surface area contributed by atoms with E-state index in [1.54, 1.807) is 0 Å². The van der Waals surface area contributed by atoms with Crippen molar-refractivity contribution in [2.45, 2.75) is 32.4 Å². The molecule has 2 heterocycles. The van der Waals surface area contributed by atoms with Gasteiger partial charge >= 0.3 is 0 Å². The zero-order chi connectivity index (χ0) is 15.9. The maximum atomic E-state index is 11.7. The van der Waals surface area contributed by atoms with Crippen LogP contribution >= 0.6 is 0 Å². The summed E-state index contributed by atoms with van der Waals surface area (Å²) in [6.45, 7) is 6.59. The predicted molar refractivity (Wildman–Crippen MR) is 88.7 cm³/mol. The van der Waals surface area contributed by atoms with E-state index in [0.29, 0.717) is 19.4 Å². The van der Waals surface area contributed by atoms with E-state index in [2.05, 4.69) is 27.1 Å². The molecule has 0 aliphatic carbocycles. The number of rotatable bonds is 6. The number of nitrogens with zero attached hydrogens (tertiary/aromatic N) is 3. The highest BCUT2D eigenvalue weighted by Crippen LogP contribution is 2.13. The van der Waals surface area contributed by atoms with Crippen molar-refractivity contribution in [3.63, 3.8) is 0 Å². The lowest BCUT2D eigenvalue weighted by Gasteiger charge is -2.33. The van der Waals surface area contributed by atoms with Crippen molar-refractivity contribution in [1.29, 1.82) is 0 Å². The summed E-state index contributed by atoms with van der Waals surface area (Å²) in [4.78, 5) is 20.8. The van der Waals surface area contributed by atoms with E-state index in [0.717, 1.165) is 37.6 Å². The molecule has 2 rings (SSSR count). The predicted octanol–water partition coefficient (Wildman–Crippen LogP) is 0.577. The zero-order valence-electron chi connectivity index (χ0n) is 13.6. The number of carbonyl (C=O) groups excluding carboxylic acids is 1. The monoisotopic (exact) mass is 305 g/mol. The number of nitrogens with two attached hydrogens (primary N) is 1. The number of nitrogens with one attached hydrogen (secondary N) is 1. The van der Waals surface area contributed by atoms with Gasteiger partial charge in [0, 0.05) is 51.4 Å². The summed E-state index contributed by atoms with van der Waals surface area (Å²) in [5.41, 5.74) is 6.67. The van der Waals surface area contributed by atoms with E-state index in [1.807, 2.05) is 25.3 Å². The first-order valence-corrected chi connectivity index (χ1v) is 7.95. The largest absolute Gasteiger partial charge is 0.354 e. The first kappa shape index (κ1) is 16.7. The highest BCUT2D eigenvalue weighted by atomic mass is 16.1. The molecule has 0 bridgehead atoms. The molecule has 6 nitrogen and oxygen atoms in total. The minimum atomic E-state index is 0.0421. The number of piperazine rings is 1. The molecule has 1 aliphatic heterocycles. The Labute approximate surface area is 132 Å². The summed E-state index contributed by atoms with van der Waals surface area (Å²) in [6.07, 6.45) is 3.04. The number of amides is 1. The Balaban J connectivity index is 1.78. The first-order valence-electron chi connectivity index (χ1n) is 7.95. The summed E-state index contributed by atoms with van der Waals surface area (Å²) in [6, 6.07) is 4.14. The summed E-state index contributed by atoms with van der Waals surface area (Å²) >= 11 is 0. The Hall–Kier alpha value is -1.66. The van der Waals surface area contributed by atoms with E-state index in [9.17, 15) is 4.79 Å². The van der Waals surface area contributed by atoms with Crippen molar-refractivity contribution in [1.82, 2.24) is 15.2 Å². The molecule has 1 fully saturated rings. The van der Waals surface area contributed by atoms with Crippen molar-refractivity contribution >= 4 is 11.7 Å². The molecule has 1 amide bonds. The third-order valence-corrected chi connectivity index (χ3v) is 3.95. The number of carbonyl (C=O) groups is 1. The van der Waals surface area contributed by atoms with Gasteiger partial charge in [0.25, 0.3) is 0 Å². The molecule has 0 spiro atoms. The maximum absolute atomic E-state index is 11.7. The Kier molecular flexibility index (Phi) is 6.15. The van der Waals surface area contributed by atoms with Crippen molar-refractivity contribution < 1.29 is 4.79 Å². The van der Waals surface area contributed by atoms with Gasteiger partial charge < -0.3 is 20.9 Å². The molecule has 1 aromatic rings. The number of hydrogen-bond donors (Lipinski definition) is 2. The highest BCUT2D eigenvalue weighted by Gasteiger charge is 2.14. The maximum Gasteiger partial charge on any atom is 0.220 e. The molecule has 1 unspecified atom stereocenters. The number of pyridine rings is 1. The molecular weight excluding hydrogens is 278 g/mol. The van der Waals surface area contributed by atoms with Crippen LogP contribution in [0.3, 0.4) is 0 Å². The Morgan fingerprint density at radius 1 is 1.36 bits per heavy atom. The van der Waals surface area contributed by atoms with Crippen LogP contribution in [0.1, 0.15) is 25.3 Å². The number of aromatic nitrogens is 1. The topological polar surface area (TPSA) is 74.5 Å². The molecule has 6 heteroatoms. The Morgan fingerprint density at radius 3 is 2.68 bits per heavy atom. The molecule has 1 aromatic heterocycles. The van der Waals surface area contributed by atoms with Gasteiger partial charge in [-0.2, -0.15) is 0 Å². The fourth-order valence-corrected chi connectivity index (χ4v) is 2.39. The molecule has 0 radical (unpaired) electrons. The van der Waals surface area contributed by atoms with E-state index in [4.69, 9.17) is 5.73 Å². The highest BCUT2D eigenvalue weighted by molar-refractivity contribution is 5.75. The van der Waals surface area contributed by atoms with Crippen molar-refractivity contribution in [2.24, 2.45) is 5.73 Å². The van der Waals surface area contributed by atoms with Gasteiger partial charge in [-0.1, -0.05) is 6.07 Å². The van der Waals surface area contributed by atoms with Crippen LogP contribution in [0, 0.1) is 0 Å². The van der Waals surface area contributed by atoms with Gasteiger partial charge in [0.05, 0.1) is 0 Å². The molecule has 22 heavy (non-hydrogen) atoms. The molecule has 1 aliphatic rings. The van der Waals surface area contributed by atoms with Gasteiger partial charge in [0.15, 0.2) is 0 Å². The lowest BCUT2D eigenvalue weighted by Crippen LogP contribution is -2.44. The minimum Gasteiger partial charge on any atom is -0.354 e. The van der Waals surface area contributed by atoms with Gasteiger partial charge in [0.1, 0.15) is 5.82 Å². The average Bonchev–Trinajstić information content (AvgIpc) is 2.52. The smallest absolute Gasteiger partial charge is 0.220 e. The summed E-state index contributed by atoms with van der Waals surface area (Å²) in [5, 5.41) is 2.90. The van der Waals surface area contributed by atoms with Gasteiger partial charge in [-0.15, -0.1) is 0 Å². The average molecular weight is 305 g/mol. The van der Waals surface area contributed by atoms with Crippen molar-refractivity contribution in [2.75, 3.05) is 38.1 Å². The second-order valence-corrected chi connectivity index (χ2v) is 6.11. The van der Waals surface area contributed by atoms with E-state index in [1.165, 1.54) is 0 Å². The van der Waals surface area contributed by atoms with Crippen LogP contribution in [0.2, 0.25) is 0 Å². The number of likely N-dealkylation sites (N-methyl/N-ethyl adjacent to an activating group) is 1. The van der Waals surface area contributed by atoms with Gasteiger partial charge in [-0.3, -0.25) is 4.79 Å². The van der Waals surface area contributed by atoms with Crippen LogP contribution in [0.4, 0.5) is 5.82 Å². The van der Waals surface area contributed by atoms with Crippen LogP contribution in [0.25, 0.3) is 0 Å². The van der Waals surface area contributed by atoms with Crippen LogP contribution in [0.15, 0.2) is 18.3 Å². The van der Waals surface area contributed by atoms with E-state index < -0.39 is 0 Å². The van der Waals surface area contributed by atoms with E-state index in [-0.39, 0.29) is 11.9 Å². The summed E-state index contributed by atoms with van der Waals surface area (Å²) in [7, 11) is 2.14. The lowest BCUT2D eigenvalue weighted by molar-refractivity contribution is -0.121. The third kappa shape index (κ3) is 5.27. The van der Waals surface area contributed by atoms with Crippen molar-refractivity contribution in [3.05, 3.63) is 23.9 Å². The lowest BCUT2D eigenvalue weighted by atomic mass is 10.2. The summed E-state index contributed by atoms with van der Waals surface area (Å²) < 4.78 is 0. The van der Waals surface area contributed by atoms with Crippen molar-refractivity contribution in [3.8, 4) is 0 Å². The van der Waals surface area contributed by atoms with Crippen LogP contribution < -0.4 is 16.0 Å². The van der Waals surface area contributed by atoms with Gasteiger partial charge in [0.2, 0.25) is 5.91 Å². The van der Waals surface area contributed by atoms with Crippen LogP contribution in [0.5, 0.6) is 0 Å². The normalized spacial score (nSPS) is 17.3. The van der Waals surface area contributed by atoms with E-state index >= 15 is 0 Å². The Morgan fingerprint density at radius 2 is 2.09 bits per heavy atom. The van der Waals surface area contributed by atoms with Crippen LogP contribution in [-0.4, -0.2) is 55.1 Å². The molecule has 3 N–H and O–H groups in total. The van der Waals surface area contributed by atoms with Gasteiger partial charge in [-0.25, -0.2) is 4.98 Å². The quantitative estimate of drug-likeness (QED) is 0.804. The fourth-order valence-electron chi connectivity index (χ4n) is 2.39. The SMILES string of the molecule is CC(N)CCC(=O)NCc1ccc(N2CCN(C)CC2)nc1. The standard InChI is InChI=1S/C16H27N5O/c1-13(17)3-6-16(22)19-12-14-4-5-15(18-11-14)21-9-7-20(2)8-10-21/h4-5,11,13H,3,6-10,12,17H2,1-2H3,(H,19,22). The molecule has 0 aromatic carbocycles. The second-order valence-electron chi connectivity index (χ2n) is 6.11. The molecule has 0 saturated carbocycles. The molecular formula is C16H27N5O. The summed E-state index contributed by atoms with van der Waals surface area (Å²) in [5.74, 6) is 1.06. The first-order chi connectivity index (χ1) is 10.5. The third-order valence-electron chi connectivity index (χ3n) is 3.95. The minimum absolute atomic E-state index is 0.0421. The Bertz CT molecular complexity index is 466. The van der Waals surface area contributed by atoms with Crippen LogP contribution in [-0.2, 0) is 11.3 Å². The molecule has 122 valence electrons. The molecule has 1 saturated heterocycles. The fraction of sp³-hybridized carbons (Fsp3) is 0.625.